The van der Waals surface area contributed by atoms with Gasteiger partial charge in [-0.2, -0.15) is 0 Å². The molecule has 0 fully saturated rings. The number of rotatable bonds is 8. The van der Waals surface area contributed by atoms with Crippen LogP contribution in [0.4, 0.5) is 0 Å². The first kappa shape index (κ1) is 14.4. The molecule has 0 aromatic heterocycles. The highest BCUT2D eigenvalue weighted by molar-refractivity contribution is 5.69. The molecule has 0 amide bonds. The van der Waals surface area contributed by atoms with Crippen LogP contribution in [-0.4, -0.2) is 36.4 Å². The summed E-state index contributed by atoms with van der Waals surface area (Å²) < 4.78 is 4.79. The molecule has 0 heterocycles. The molecule has 0 spiro atoms. The quantitative estimate of drug-likeness (QED) is 0.472. The Morgan fingerprint density at radius 1 is 1.33 bits per heavy atom. The maximum Gasteiger partial charge on any atom is 0.307 e. The van der Waals surface area contributed by atoms with Crippen molar-refractivity contribution < 1.29 is 14.6 Å². The van der Waals surface area contributed by atoms with E-state index < -0.39 is 5.60 Å². The van der Waals surface area contributed by atoms with Crippen LogP contribution in [0.25, 0.3) is 0 Å². The van der Waals surface area contributed by atoms with Gasteiger partial charge < -0.3 is 15.2 Å². The fraction of sp³-hybridized carbons (Fsp3) is 0.909. The molecule has 0 bridgehead atoms. The molecule has 0 atom stereocenters. The standard InChI is InChI=1S/C11H23NO3/c1-4-11(14,5-2)9-12-8-7-10(13)15-6-3/h12,14H,4-9H2,1-3H3. The summed E-state index contributed by atoms with van der Waals surface area (Å²) in [6.07, 6.45) is 1.79. The number of aliphatic hydroxyl groups is 1. The summed E-state index contributed by atoms with van der Waals surface area (Å²) in [6, 6.07) is 0. The second-order valence-electron chi connectivity index (χ2n) is 3.66. The van der Waals surface area contributed by atoms with Crippen molar-refractivity contribution in [2.45, 2.75) is 45.6 Å². The van der Waals surface area contributed by atoms with E-state index in [1.807, 2.05) is 13.8 Å². The lowest BCUT2D eigenvalue weighted by Crippen LogP contribution is -2.40. The number of esters is 1. The predicted octanol–water partition coefficient (Wildman–Crippen LogP) is 1.08. The number of hydrogen-bond acceptors (Lipinski definition) is 4. The molecule has 0 aliphatic heterocycles. The molecule has 90 valence electrons. The van der Waals surface area contributed by atoms with Crippen molar-refractivity contribution >= 4 is 5.97 Å². The molecule has 15 heavy (non-hydrogen) atoms. The maximum absolute atomic E-state index is 11.0. The number of carbonyl (C=O) groups excluding carboxylic acids is 1. The molecule has 0 saturated carbocycles. The third-order valence-corrected chi connectivity index (χ3v) is 2.58. The molecule has 2 N–H and O–H groups in total. The average molecular weight is 217 g/mol. The fourth-order valence-electron chi connectivity index (χ4n) is 1.24. The third kappa shape index (κ3) is 6.47. The summed E-state index contributed by atoms with van der Waals surface area (Å²) in [6.45, 7) is 7.21. The van der Waals surface area contributed by atoms with E-state index in [2.05, 4.69) is 5.32 Å². The number of nitrogens with one attached hydrogen (secondary N) is 1. The average Bonchev–Trinajstić information content (AvgIpc) is 2.24. The van der Waals surface area contributed by atoms with E-state index in [9.17, 15) is 9.90 Å². The van der Waals surface area contributed by atoms with Gasteiger partial charge in [0.1, 0.15) is 0 Å². The van der Waals surface area contributed by atoms with Gasteiger partial charge in [0.15, 0.2) is 0 Å². The predicted molar refractivity (Wildman–Crippen MR) is 59.7 cm³/mol. The highest BCUT2D eigenvalue weighted by atomic mass is 16.5. The second-order valence-corrected chi connectivity index (χ2v) is 3.66. The van der Waals surface area contributed by atoms with Gasteiger partial charge in [0, 0.05) is 13.1 Å². The van der Waals surface area contributed by atoms with Gasteiger partial charge in [-0.05, 0) is 19.8 Å². The molecule has 0 rings (SSSR count). The van der Waals surface area contributed by atoms with Crippen molar-refractivity contribution in [1.29, 1.82) is 0 Å². The van der Waals surface area contributed by atoms with E-state index >= 15 is 0 Å². The zero-order chi connectivity index (χ0) is 11.7. The van der Waals surface area contributed by atoms with Crippen LogP contribution < -0.4 is 5.32 Å². The Hall–Kier alpha value is -0.610. The minimum absolute atomic E-state index is 0.193. The smallest absolute Gasteiger partial charge is 0.307 e. The van der Waals surface area contributed by atoms with Gasteiger partial charge in [-0.15, -0.1) is 0 Å². The molecule has 0 saturated heterocycles. The zero-order valence-corrected chi connectivity index (χ0v) is 10.0. The molecule has 0 aromatic carbocycles. The van der Waals surface area contributed by atoms with E-state index in [1.54, 1.807) is 6.92 Å². The Kier molecular flexibility index (Phi) is 7.34. The number of ether oxygens (including phenoxy) is 1. The molecule has 0 aliphatic rings. The van der Waals surface area contributed by atoms with Crippen LogP contribution in [0.5, 0.6) is 0 Å². The summed E-state index contributed by atoms with van der Waals surface area (Å²) in [4.78, 5) is 11.0. The number of carbonyl (C=O) groups is 1. The molecule has 0 radical (unpaired) electrons. The Labute approximate surface area is 92.0 Å². The molecule has 4 nitrogen and oxygen atoms in total. The van der Waals surface area contributed by atoms with Gasteiger partial charge in [0.05, 0.1) is 18.6 Å². The zero-order valence-electron chi connectivity index (χ0n) is 10.0. The van der Waals surface area contributed by atoms with Crippen molar-refractivity contribution in [3.8, 4) is 0 Å². The molecular weight excluding hydrogens is 194 g/mol. The van der Waals surface area contributed by atoms with Crippen LogP contribution in [0, 0.1) is 0 Å². The van der Waals surface area contributed by atoms with E-state index in [0.717, 1.165) is 12.8 Å². The van der Waals surface area contributed by atoms with E-state index in [-0.39, 0.29) is 5.97 Å². The van der Waals surface area contributed by atoms with E-state index in [0.29, 0.717) is 26.1 Å². The summed E-state index contributed by atoms with van der Waals surface area (Å²) >= 11 is 0. The summed E-state index contributed by atoms with van der Waals surface area (Å²) in [5.74, 6) is -0.193. The maximum atomic E-state index is 11.0. The first-order valence-electron chi connectivity index (χ1n) is 5.66. The van der Waals surface area contributed by atoms with Gasteiger partial charge in [0.2, 0.25) is 0 Å². The van der Waals surface area contributed by atoms with Crippen LogP contribution in [0.1, 0.15) is 40.0 Å². The molecule has 0 aromatic rings. The molecule has 0 unspecified atom stereocenters. The summed E-state index contributed by atoms with van der Waals surface area (Å²) in [5, 5.41) is 13.0. The van der Waals surface area contributed by atoms with Crippen molar-refractivity contribution in [2.24, 2.45) is 0 Å². The topological polar surface area (TPSA) is 58.6 Å². The lowest BCUT2D eigenvalue weighted by molar-refractivity contribution is -0.143. The van der Waals surface area contributed by atoms with Gasteiger partial charge in [-0.25, -0.2) is 0 Å². The first-order valence-corrected chi connectivity index (χ1v) is 5.66. The normalized spacial score (nSPS) is 11.5. The second kappa shape index (κ2) is 7.65. The lowest BCUT2D eigenvalue weighted by Gasteiger charge is -2.25. The summed E-state index contributed by atoms with van der Waals surface area (Å²) in [5.41, 5.74) is -0.644. The molecule has 4 heteroatoms. The molecular formula is C11H23NO3. The highest BCUT2D eigenvalue weighted by Gasteiger charge is 2.21. The lowest BCUT2D eigenvalue weighted by atomic mass is 9.98. The van der Waals surface area contributed by atoms with Crippen LogP contribution in [0.15, 0.2) is 0 Å². The van der Waals surface area contributed by atoms with Crippen LogP contribution in [0.3, 0.4) is 0 Å². The van der Waals surface area contributed by atoms with Gasteiger partial charge in [-0.1, -0.05) is 13.8 Å². The molecule has 0 aliphatic carbocycles. The van der Waals surface area contributed by atoms with Gasteiger partial charge >= 0.3 is 5.97 Å². The van der Waals surface area contributed by atoms with Crippen molar-refractivity contribution in [3.63, 3.8) is 0 Å². The number of hydrogen-bond donors (Lipinski definition) is 2. The highest BCUT2D eigenvalue weighted by Crippen LogP contribution is 2.12. The largest absolute Gasteiger partial charge is 0.466 e. The third-order valence-electron chi connectivity index (χ3n) is 2.58. The Balaban J connectivity index is 3.57. The van der Waals surface area contributed by atoms with E-state index in [4.69, 9.17) is 4.74 Å². The van der Waals surface area contributed by atoms with Gasteiger partial charge in [0.25, 0.3) is 0 Å². The first-order chi connectivity index (χ1) is 7.08. The Morgan fingerprint density at radius 3 is 2.40 bits per heavy atom. The SMILES string of the molecule is CCOC(=O)CCNCC(O)(CC)CC. The van der Waals surface area contributed by atoms with Gasteiger partial charge in [-0.3, -0.25) is 4.79 Å². The van der Waals surface area contributed by atoms with Crippen molar-refractivity contribution in [3.05, 3.63) is 0 Å². The minimum Gasteiger partial charge on any atom is -0.466 e. The van der Waals surface area contributed by atoms with Crippen molar-refractivity contribution in [1.82, 2.24) is 5.32 Å². The Morgan fingerprint density at radius 2 is 1.93 bits per heavy atom. The minimum atomic E-state index is -0.644. The monoisotopic (exact) mass is 217 g/mol. The van der Waals surface area contributed by atoms with E-state index in [1.165, 1.54) is 0 Å². The fourth-order valence-corrected chi connectivity index (χ4v) is 1.24. The van der Waals surface area contributed by atoms with Crippen molar-refractivity contribution in [2.75, 3.05) is 19.7 Å². The van der Waals surface area contributed by atoms with Crippen LogP contribution in [-0.2, 0) is 9.53 Å². The Bertz CT molecular complexity index is 179. The van der Waals surface area contributed by atoms with Crippen LogP contribution in [0.2, 0.25) is 0 Å². The van der Waals surface area contributed by atoms with Crippen LogP contribution >= 0.6 is 0 Å². The summed E-state index contributed by atoms with van der Waals surface area (Å²) in [7, 11) is 0.